The summed E-state index contributed by atoms with van der Waals surface area (Å²) in [5.74, 6) is 0.404. The van der Waals surface area contributed by atoms with Crippen LogP contribution in [0.1, 0.15) is 12.8 Å². The second-order valence-electron chi connectivity index (χ2n) is 2.27. The molecule has 0 spiro atoms. The number of rotatable bonds is 1. The van der Waals surface area contributed by atoms with Crippen molar-refractivity contribution in [3.63, 3.8) is 0 Å². The summed E-state index contributed by atoms with van der Waals surface area (Å²) in [7, 11) is 0. The van der Waals surface area contributed by atoms with Gasteiger partial charge >= 0.3 is 0 Å². The van der Waals surface area contributed by atoms with Crippen molar-refractivity contribution in [2.75, 3.05) is 12.5 Å². The van der Waals surface area contributed by atoms with Crippen molar-refractivity contribution in [1.82, 2.24) is 0 Å². The monoisotopic (exact) mass is 150 g/mol. The minimum Gasteiger partial charge on any atom is -0.390 e. The Balaban J connectivity index is 2.30. The van der Waals surface area contributed by atoms with E-state index in [2.05, 4.69) is 0 Å². The van der Waals surface area contributed by atoms with Crippen molar-refractivity contribution in [2.45, 2.75) is 25.0 Å². The highest BCUT2D eigenvalue weighted by Crippen LogP contribution is 2.14. The molecule has 0 saturated carbocycles. The number of aliphatic hydroxyl groups is 1. The fourth-order valence-electron chi connectivity index (χ4n) is 0.972. The Labute approximate surface area is 59.8 Å². The van der Waals surface area contributed by atoms with Crippen LogP contribution in [0.25, 0.3) is 0 Å². The van der Waals surface area contributed by atoms with Gasteiger partial charge in [-0.3, -0.25) is 0 Å². The topological polar surface area (TPSA) is 29.5 Å². The highest BCUT2D eigenvalue weighted by molar-refractivity contribution is 6.18. The van der Waals surface area contributed by atoms with Crippen molar-refractivity contribution < 1.29 is 9.84 Å². The molecule has 0 aliphatic carbocycles. The lowest BCUT2D eigenvalue weighted by molar-refractivity contribution is -0.0615. The van der Waals surface area contributed by atoms with Crippen molar-refractivity contribution in [2.24, 2.45) is 0 Å². The normalized spacial score (nSPS) is 36.7. The Bertz CT molecular complexity index is 87.1. The van der Waals surface area contributed by atoms with Gasteiger partial charge in [0.1, 0.15) is 0 Å². The van der Waals surface area contributed by atoms with Crippen molar-refractivity contribution >= 4 is 11.6 Å². The van der Waals surface area contributed by atoms with Gasteiger partial charge in [0.25, 0.3) is 0 Å². The molecule has 0 aromatic carbocycles. The van der Waals surface area contributed by atoms with E-state index in [9.17, 15) is 0 Å². The van der Waals surface area contributed by atoms with Gasteiger partial charge in [-0.25, -0.2) is 0 Å². The van der Waals surface area contributed by atoms with Crippen LogP contribution in [0.2, 0.25) is 0 Å². The van der Waals surface area contributed by atoms with Crippen LogP contribution in [0.4, 0.5) is 0 Å². The first-order valence-corrected chi connectivity index (χ1v) is 3.73. The molecule has 9 heavy (non-hydrogen) atoms. The van der Waals surface area contributed by atoms with Gasteiger partial charge in [0.15, 0.2) is 0 Å². The summed E-state index contributed by atoms with van der Waals surface area (Å²) in [5.41, 5.74) is 0. The van der Waals surface area contributed by atoms with E-state index in [4.69, 9.17) is 21.4 Å². The molecule has 1 rings (SSSR count). The minimum atomic E-state index is -0.337. The Hall–Kier alpha value is 0.210. The van der Waals surface area contributed by atoms with Gasteiger partial charge in [-0.15, -0.1) is 11.6 Å². The second kappa shape index (κ2) is 3.40. The van der Waals surface area contributed by atoms with Crippen LogP contribution in [0.15, 0.2) is 0 Å². The summed E-state index contributed by atoms with van der Waals surface area (Å²) in [6.07, 6.45) is 1.32. The molecule has 1 saturated heterocycles. The third-order valence-corrected chi connectivity index (χ3v) is 1.86. The molecule has 0 aromatic heterocycles. The quantitative estimate of drug-likeness (QED) is 0.560. The average Bonchev–Trinajstić information content (AvgIpc) is 1.89. The molecule has 0 bridgehead atoms. The Morgan fingerprint density at radius 1 is 1.67 bits per heavy atom. The maximum absolute atomic E-state index is 9.16. The highest BCUT2D eigenvalue weighted by atomic mass is 35.5. The fraction of sp³-hybridized carbons (Fsp3) is 1.00. The van der Waals surface area contributed by atoms with E-state index in [0.29, 0.717) is 5.88 Å². The van der Waals surface area contributed by atoms with E-state index in [-0.39, 0.29) is 12.2 Å². The molecule has 0 unspecified atom stereocenters. The predicted molar refractivity (Wildman–Crippen MR) is 35.7 cm³/mol. The number of alkyl halides is 1. The maximum atomic E-state index is 9.16. The van der Waals surface area contributed by atoms with E-state index in [1.54, 1.807) is 0 Å². The third kappa shape index (κ3) is 1.81. The van der Waals surface area contributed by atoms with Gasteiger partial charge in [0, 0.05) is 6.61 Å². The zero-order valence-electron chi connectivity index (χ0n) is 5.22. The van der Waals surface area contributed by atoms with Crippen molar-refractivity contribution in [3.8, 4) is 0 Å². The molecule has 0 amide bonds. The van der Waals surface area contributed by atoms with Gasteiger partial charge in [-0.05, 0) is 12.8 Å². The summed E-state index contributed by atoms with van der Waals surface area (Å²) >= 11 is 5.49. The first kappa shape index (κ1) is 7.32. The van der Waals surface area contributed by atoms with Crippen LogP contribution in [0.3, 0.4) is 0 Å². The number of halogens is 1. The summed E-state index contributed by atoms with van der Waals surface area (Å²) < 4.78 is 5.16. The fourth-order valence-corrected chi connectivity index (χ4v) is 1.27. The maximum Gasteiger partial charge on any atom is 0.0968 e. The first-order chi connectivity index (χ1) is 4.34. The smallest absolute Gasteiger partial charge is 0.0968 e. The molecule has 54 valence electrons. The number of aliphatic hydroxyl groups excluding tert-OH is 1. The van der Waals surface area contributed by atoms with Crippen LogP contribution in [-0.2, 0) is 4.74 Å². The van der Waals surface area contributed by atoms with Crippen LogP contribution in [0, 0.1) is 0 Å². The third-order valence-electron chi connectivity index (χ3n) is 1.56. The van der Waals surface area contributed by atoms with E-state index in [0.717, 1.165) is 19.4 Å². The average molecular weight is 151 g/mol. The molecular formula is C6H11ClO2. The molecule has 1 heterocycles. The van der Waals surface area contributed by atoms with E-state index >= 15 is 0 Å². The lowest BCUT2D eigenvalue weighted by Gasteiger charge is -2.25. The molecule has 0 aromatic rings. The second-order valence-corrected chi connectivity index (χ2v) is 2.58. The summed E-state index contributed by atoms with van der Waals surface area (Å²) in [4.78, 5) is 0. The van der Waals surface area contributed by atoms with Gasteiger partial charge in [-0.2, -0.15) is 0 Å². The Morgan fingerprint density at radius 2 is 2.44 bits per heavy atom. The molecule has 1 aliphatic heterocycles. The van der Waals surface area contributed by atoms with E-state index in [1.165, 1.54) is 0 Å². The molecular weight excluding hydrogens is 140 g/mol. The van der Waals surface area contributed by atoms with Crippen molar-refractivity contribution in [3.05, 3.63) is 0 Å². The van der Waals surface area contributed by atoms with E-state index in [1.807, 2.05) is 0 Å². The van der Waals surface area contributed by atoms with Crippen LogP contribution in [0.5, 0.6) is 0 Å². The molecule has 1 fully saturated rings. The predicted octanol–water partition coefficient (Wildman–Crippen LogP) is 0.765. The van der Waals surface area contributed by atoms with Gasteiger partial charge < -0.3 is 9.84 Å². The number of hydrogen-bond acceptors (Lipinski definition) is 2. The highest BCUT2D eigenvalue weighted by Gasteiger charge is 2.22. The molecule has 1 N–H and O–H groups in total. The minimum absolute atomic E-state index is 0.125. The van der Waals surface area contributed by atoms with Gasteiger partial charge in [0.05, 0.1) is 18.1 Å². The number of hydrogen-bond donors (Lipinski definition) is 1. The zero-order valence-corrected chi connectivity index (χ0v) is 5.97. The SMILES string of the molecule is O[C@@H]1CCCO[C@@H]1CCl. The van der Waals surface area contributed by atoms with Crippen LogP contribution in [-0.4, -0.2) is 29.8 Å². The molecule has 2 atom stereocenters. The largest absolute Gasteiger partial charge is 0.390 e. The Morgan fingerprint density at radius 3 is 2.89 bits per heavy atom. The Kier molecular flexibility index (Phi) is 2.76. The molecule has 2 nitrogen and oxygen atoms in total. The summed E-state index contributed by atoms with van der Waals surface area (Å²) in [5, 5.41) is 9.16. The zero-order chi connectivity index (χ0) is 6.69. The molecule has 0 radical (unpaired) electrons. The molecule has 1 aliphatic rings. The summed E-state index contributed by atoms with van der Waals surface area (Å²) in [6.45, 7) is 0.744. The summed E-state index contributed by atoms with van der Waals surface area (Å²) in [6, 6.07) is 0. The first-order valence-electron chi connectivity index (χ1n) is 3.20. The molecule has 3 heteroatoms. The van der Waals surface area contributed by atoms with Crippen LogP contribution < -0.4 is 0 Å². The van der Waals surface area contributed by atoms with Crippen molar-refractivity contribution in [1.29, 1.82) is 0 Å². The lowest BCUT2D eigenvalue weighted by Crippen LogP contribution is -2.35. The standard InChI is InChI=1S/C6H11ClO2/c7-4-6-5(8)2-1-3-9-6/h5-6,8H,1-4H2/t5-,6-/m1/s1. The van der Waals surface area contributed by atoms with Crippen LogP contribution >= 0.6 is 11.6 Å². The lowest BCUT2D eigenvalue weighted by atomic mass is 10.1. The van der Waals surface area contributed by atoms with Gasteiger partial charge in [-0.1, -0.05) is 0 Å². The van der Waals surface area contributed by atoms with E-state index < -0.39 is 0 Å². The number of ether oxygens (including phenoxy) is 1. The van der Waals surface area contributed by atoms with Gasteiger partial charge in [0.2, 0.25) is 0 Å².